The SMILES string of the molecule is CCCCC[C@@H](c1ccc(Br)cc1F)N1CCNCC1.Cl. The summed E-state index contributed by atoms with van der Waals surface area (Å²) in [7, 11) is 0. The fraction of sp³-hybridized carbons (Fsp3) is 0.625. The highest BCUT2D eigenvalue weighted by Crippen LogP contribution is 2.30. The summed E-state index contributed by atoms with van der Waals surface area (Å²) in [6.45, 7) is 6.23. The zero-order valence-corrected chi connectivity index (χ0v) is 15.0. The highest BCUT2D eigenvalue weighted by Gasteiger charge is 2.24. The van der Waals surface area contributed by atoms with Gasteiger partial charge in [0.2, 0.25) is 0 Å². The van der Waals surface area contributed by atoms with E-state index in [1.807, 2.05) is 12.1 Å². The van der Waals surface area contributed by atoms with Crippen LogP contribution in [0, 0.1) is 5.82 Å². The van der Waals surface area contributed by atoms with E-state index in [0.29, 0.717) is 0 Å². The van der Waals surface area contributed by atoms with Crippen LogP contribution in [-0.2, 0) is 0 Å². The van der Waals surface area contributed by atoms with Gasteiger partial charge in [-0.2, -0.15) is 0 Å². The zero-order valence-electron chi connectivity index (χ0n) is 12.6. The van der Waals surface area contributed by atoms with E-state index in [0.717, 1.165) is 42.6 Å². The topological polar surface area (TPSA) is 15.3 Å². The van der Waals surface area contributed by atoms with Gasteiger partial charge in [-0.15, -0.1) is 12.4 Å². The molecule has 0 aliphatic carbocycles. The van der Waals surface area contributed by atoms with Crippen molar-refractivity contribution in [2.45, 2.75) is 38.6 Å². The summed E-state index contributed by atoms with van der Waals surface area (Å²) in [4.78, 5) is 2.43. The molecule has 0 unspecified atom stereocenters. The van der Waals surface area contributed by atoms with Crippen LogP contribution in [0.25, 0.3) is 0 Å². The van der Waals surface area contributed by atoms with Crippen molar-refractivity contribution in [1.29, 1.82) is 0 Å². The van der Waals surface area contributed by atoms with Gasteiger partial charge in [0.1, 0.15) is 5.82 Å². The minimum atomic E-state index is -0.0839. The molecule has 1 saturated heterocycles. The zero-order chi connectivity index (χ0) is 14.4. The van der Waals surface area contributed by atoms with E-state index in [4.69, 9.17) is 0 Å². The molecule has 0 saturated carbocycles. The molecule has 1 N–H and O–H groups in total. The molecule has 1 heterocycles. The molecule has 0 bridgehead atoms. The Balaban J connectivity index is 0.00000220. The molecule has 120 valence electrons. The first-order chi connectivity index (χ1) is 9.72. The Bertz CT molecular complexity index is 425. The number of hydrogen-bond acceptors (Lipinski definition) is 2. The average molecular weight is 380 g/mol. The molecule has 21 heavy (non-hydrogen) atoms. The number of unbranched alkanes of at least 4 members (excludes halogenated alkanes) is 2. The van der Waals surface area contributed by atoms with Crippen LogP contribution in [0.4, 0.5) is 4.39 Å². The Kier molecular flexibility index (Phi) is 8.79. The summed E-state index contributed by atoms with van der Waals surface area (Å²) >= 11 is 3.34. The first kappa shape index (κ1) is 18.9. The van der Waals surface area contributed by atoms with E-state index in [1.54, 1.807) is 6.07 Å². The van der Waals surface area contributed by atoms with Crippen molar-refractivity contribution < 1.29 is 4.39 Å². The highest BCUT2D eigenvalue weighted by atomic mass is 79.9. The van der Waals surface area contributed by atoms with E-state index in [2.05, 4.69) is 33.1 Å². The lowest BCUT2D eigenvalue weighted by Gasteiger charge is -2.35. The molecule has 5 heteroatoms. The van der Waals surface area contributed by atoms with Crippen LogP contribution < -0.4 is 5.32 Å². The maximum absolute atomic E-state index is 14.3. The van der Waals surface area contributed by atoms with Crippen LogP contribution in [0.1, 0.15) is 44.2 Å². The number of halogens is 3. The summed E-state index contributed by atoms with van der Waals surface area (Å²) in [6, 6.07) is 5.70. The van der Waals surface area contributed by atoms with E-state index in [9.17, 15) is 4.39 Å². The van der Waals surface area contributed by atoms with Crippen molar-refractivity contribution >= 4 is 28.3 Å². The molecule has 0 aromatic heterocycles. The maximum atomic E-state index is 14.3. The Morgan fingerprint density at radius 3 is 2.62 bits per heavy atom. The Morgan fingerprint density at radius 1 is 1.29 bits per heavy atom. The fourth-order valence-electron chi connectivity index (χ4n) is 2.89. The largest absolute Gasteiger partial charge is 0.314 e. The molecule has 1 aliphatic rings. The Labute approximate surface area is 142 Å². The minimum Gasteiger partial charge on any atom is -0.314 e. The van der Waals surface area contributed by atoms with E-state index in [1.165, 1.54) is 19.3 Å². The van der Waals surface area contributed by atoms with Crippen molar-refractivity contribution in [3.05, 3.63) is 34.1 Å². The van der Waals surface area contributed by atoms with Gasteiger partial charge in [0, 0.05) is 42.3 Å². The van der Waals surface area contributed by atoms with Crippen LogP contribution in [0.3, 0.4) is 0 Å². The van der Waals surface area contributed by atoms with Gasteiger partial charge in [0.05, 0.1) is 0 Å². The number of nitrogens with zero attached hydrogens (tertiary/aromatic N) is 1. The van der Waals surface area contributed by atoms with Crippen LogP contribution in [0.5, 0.6) is 0 Å². The maximum Gasteiger partial charge on any atom is 0.129 e. The molecule has 0 spiro atoms. The Morgan fingerprint density at radius 2 is 2.00 bits per heavy atom. The number of nitrogens with one attached hydrogen (secondary N) is 1. The van der Waals surface area contributed by atoms with Crippen LogP contribution in [0.15, 0.2) is 22.7 Å². The van der Waals surface area contributed by atoms with Crippen LogP contribution in [-0.4, -0.2) is 31.1 Å². The number of piperazine rings is 1. The third-order valence-electron chi connectivity index (χ3n) is 3.99. The van der Waals surface area contributed by atoms with Crippen molar-refractivity contribution in [3.63, 3.8) is 0 Å². The normalized spacial score (nSPS) is 17.3. The predicted molar refractivity (Wildman–Crippen MR) is 92.7 cm³/mol. The second kappa shape index (κ2) is 9.78. The smallest absolute Gasteiger partial charge is 0.129 e. The van der Waals surface area contributed by atoms with Crippen LogP contribution in [0.2, 0.25) is 0 Å². The lowest BCUT2D eigenvalue weighted by Crippen LogP contribution is -2.45. The van der Waals surface area contributed by atoms with Gasteiger partial charge >= 0.3 is 0 Å². The van der Waals surface area contributed by atoms with E-state index in [-0.39, 0.29) is 24.3 Å². The van der Waals surface area contributed by atoms with Crippen LogP contribution >= 0.6 is 28.3 Å². The van der Waals surface area contributed by atoms with Gasteiger partial charge in [-0.3, -0.25) is 4.90 Å². The second-order valence-corrected chi connectivity index (χ2v) is 6.38. The molecule has 0 radical (unpaired) electrons. The molecule has 0 amide bonds. The number of hydrogen-bond donors (Lipinski definition) is 1. The van der Waals surface area contributed by atoms with Crippen molar-refractivity contribution in [1.82, 2.24) is 10.2 Å². The molecule has 1 atom stereocenters. The number of benzene rings is 1. The van der Waals surface area contributed by atoms with Gasteiger partial charge < -0.3 is 5.32 Å². The molecule has 1 fully saturated rings. The molecule has 1 aromatic rings. The molecular weight excluding hydrogens is 355 g/mol. The third kappa shape index (κ3) is 5.51. The van der Waals surface area contributed by atoms with Gasteiger partial charge in [0.15, 0.2) is 0 Å². The fourth-order valence-corrected chi connectivity index (χ4v) is 3.22. The van der Waals surface area contributed by atoms with E-state index >= 15 is 0 Å². The van der Waals surface area contributed by atoms with Gasteiger partial charge in [-0.1, -0.05) is 48.2 Å². The summed E-state index contributed by atoms with van der Waals surface area (Å²) in [5.41, 5.74) is 0.853. The van der Waals surface area contributed by atoms with E-state index < -0.39 is 0 Å². The Hall–Kier alpha value is -0.160. The van der Waals surface area contributed by atoms with Gasteiger partial charge in [0.25, 0.3) is 0 Å². The summed E-state index contributed by atoms with van der Waals surface area (Å²) < 4.78 is 15.1. The molecular formula is C16H25BrClFN2. The summed E-state index contributed by atoms with van der Waals surface area (Å²) in [6.07, 6.45) is 4.64. The average Bonchev–Trinajstić information content (AvgIpc) is 2.46. The molecule has 1 aromatic carbocycles. The standard InChI is InChI=1S/C16H24BrFN2.ClH/c1-2-3-4-5-16(20-10-8-19-9-11-20)14-7-6-13(17)12-15(14)18;/h6-7,12,16,19H,2-5,8-11H2,1H3;1H/t16-;/m0./s1. The number of rotatable bonds is 6. The summed E-state index contributed by atoms with van der Waals surface area (Å²) in [5, 5.41) is 3.37. The molecule has 2 rings (SSSR count). The predicted octanol–water partition coefficient (Wildman–Crippen LogP) is 4.54. The van der Waals surface area contributed by atoms with Crippen molar-refractivity contribution in [2.24, 2.45) is 0 Å². The first-order valence-corrected chi connectivity index (χ1v) is 8.41. The summed E-state index contributed by atoms with van der Waals surface area (Å²) in [5.74, 6) is -0.0839. The quantitative estimate of drug-likeness (QED) is 0.730. The monoisotopic (exact) mass is 378 g/mol. The second-order valence-electron chi connectivity index (χ2n) is 5.46. The first-order valence-electron chi connectivity index (χ1n) is 7.62. The highest BCUT2D eigenvalue weighted by molar-refractivity contribution is 9.10. The third-order valence-corrected chi connectivity index (χ3v) is 4.49. The van der Waals surface area contributed by atoms with Gasteiger partial charge in [-0.25, -0.2) is 4.39 Å². The molecule has 2 nitrogen and oxygen atoms in total. The van der Waals surface area contributed by atoms with Crippen molar-refractivity contribution in [3.8, 4) is 0 Å². The molecule has 1 aliphatic heterocycles. The van der Waals surface area contributed by atoms with Gasteiger partial charge in [-0.05, 0) is 18.6 Å². The minimum absolute atomic E-state index is 0. The lowest BCUT2D eigenvalue weighted by atomic mass is 9.97. The van der Waals surface area contributed by atoms with Crippen molar-refractivity contribution in [2.75, 3.05) is 26.2 Å². The lowest BCUT2D eigenvalue weighted by molar-refractivity contribution is 0.159.